The summed E-state index contributed by atoms with van der Waals surface area (Å²) >= 11 is 0.486. The molecular weight excluding hydrogens is 195 g/mol. The zero-order valence-electron chi connectivity index (χ0n) is 7.31. The molecule has 0 amide bonds. The van der Waals surface area contributed by atoms with Gasteiger partial charge in [0.1, 0.15) is 0 Å². The van der Waals surface area contributed by atoms with Gasteiger partial charge in [0.15, 0.2) is 0 Å². The molecule has 0 aliphatic heterocycles. The van der Waals surface area contributed by atoms with Crippen LogP contribution in [0.4, 0.5) is 0 Å². The van der Waals surface area contributed by atoms with E-state index in [0.717, 1.165) is 0 Å². The van der Waals surface area contributed by atoms with Gasteiger partial charge in [-0.05, 0) is 0 Å². The zero-order chi connectivity index (χ0) is 7.52. The van der Waals surface area contributed by atoms with Gasteiger partial charge in [-0.15, -0.1) is 0 Å². The minimum atomic E-state index is 0.486. The normalized spacial score (nSPS) is 28.4. The Hall–Kier alpha value is 0.558. The van der Waals surface area contributed by atoms with Gasteiger partial charge < -0.3 is 0 Å². The van der Waals surface area contributed by atoms with Crippen molar-refractivity contribution in [3.05, 3.63) is 0 Å². The summed E-state index contributed by atoms with van der Waals surface area (Å²) in [5, 5.41) is 0. The van der Waals surface area contributed by atoms with E-state index in [-0.39, 0.29) is 0 Å². The van der Waals surface area contributed by atoms with Crippen molar-refractivity contribution >= 4 is 15.8 Å². The topological polar surface area (TPSA) is 0 Å². The average molecular weight is 214 g/mol. The summed E-state index contributed by atoms with van der Waals surface area (Å²) in [6.07, 6.45) is 12.7. The Bertz CT molecular complexity index is 96.0. The van der Waals surface area contributed by atoms with E-state index in [9.17, 15) is 0 Å². The molecule has 0 radical (unpaired) electrons. The Kier molecular flexibility index (Phi) is 2.96. The Labute approximate surface area is 76.8 Å². The SMILES string of the molecule is C1CCC([AsH]C2CCCC2)C1. The van der Waals surface area contributed by atoms with Gasteiger partial charge in [0, 0.05) is 0 Å². The first-order valence-electron chi connectivity index (χ1n) is 5.21. The van der Waals surface area contributed by atoms with Crippen LogP contribution < -0.4 is 0 Å². The Balaban J connectivity index is 1.71. The summed E-state index contributed by atoms with van der Waals surface area (Å²) in [4.78, 5) is 0. The molecule has 0 aromatic heterocycles. The second-order valence-corrected chi connectivity index (χ2v) is 8.25. The van der Waals surface area contributed by atoms with Gasteiger partial charge in [0.25, 0.3) is 0 Å². The van der Waals surface area contributed by atoms with E-state index in [1.54, 1.807) is 51.4 Å². The van der Waals surface area contributed by atoms with Crippen LogP contribution in [-0.2, 0) is 0 Å². The first kappa shape index (κ1) is 8.17. The molecule has 0 atom stereocenters. The Morgan fingerprint density at radius 3 is 1.36 bits per heavy atom. The van der Waals surface area contributed by atoms with Crippen LogP contribution in [0.1, 0.15) is 51.4 Å². The third-order valence-corrected chi connectivity index (χ3v) is 7.58. The van der Waals surface area contributed by atoms with Crippen LogP contribution in [0.25, 0.3) is 0 Å². The van der Waals surface area contributed by atoms with Gasteiger partial charge in [0.05, 0.1) is 0 Å². The second kappa shape index (κ2) is 3.99. The molecule has 0 nitrogen and oxygen atoms in total. The van der Waals surface area contributed by atoms with Gasteiger partial charge in [-0.25, -0.2) is 0 Å². The first-order valence-corrected chi connectivity index (χ1v) is 7.63. The first-order chi connectivity index (χ1) is 5.45. The van der Waals surface area contributed by atoms with Gasteiger partial charge in [0.2, 0.25) is 0 Å². The van der Waals surface area contributed by atoms with Gasteiger partial charge in [-0.2, -0.15) is 0 Å². The summed E-state index contributed by atoms with van der Waals surface area (Å²) in [6, 6.07) is 0. The molecule has 0 unspecified atom stereocenters. The third kappa shape index (κ3) is 2.25. The van der Waals surface area contributed by atoms with Gasteiger partial charge >= 0.3 is 76.5 Å². The Morgan fingerprint density at radius 2 is 1.00 bits per heavy atom. The quantitative estimate of drug-likeness (QED) is 0.619. The van der Waals surface area contributed by atoms with Crippen molar-refractivity contribution in [1.29, 1.82) is 0 Å². The van der Waals surface area contributed by atoms with Crippen molar-refractivity contribution in [3.63, 3.8) is 0 Å². The van der Waals surface area contributed by atoms with E-state index >= 15 is 0 Å². The molecule has 0 spiro atoms. The van der Waals surface area contributed by atoms with Gasteiger partial charge in [-0.1, -0.05) is 0 Å². The van der Waals surface area contributed by atoms with E-state index in [4.69, 9.17) is 0 Å². The predicted molar refractivity (Wildman–Crippen MR) is 51.6 cm³/mol. The van der Waals surface area contributed by atoms with Gasteiger partial charge in [-0.3, -0.25) is 0 Å². The second-order valence-electron chi connectivity index (χ2n) is 4.13. The number of hydrogen-bond donors (Lipinski definition) is 0. The molecule has 2 rings (SSSR count). The molecular formula is C10H19As. The molecule has 2 aliphatic rings. The molecule has 2 fully saturated rings. The van der Waals surface area contributed by atoms with Crippen LogP contribution in [0.3, 0.4) is 0 Å². The summed E-state index contributed by atoms with van der Waals surface area (Å²) < 4.78 is 2.52. The van der Waals surface area contributed by atoms with E-state index < -0.39 is 0 Å². The molecule has 0 saturated heterocycles. The molecule has 64 valence electrons. The third-order valence-electron chi connectivity index (χ3n) is 3.18. The maximum atomic E-state index is 1.61. The van der Waals surface area contributed by atoms with Crippen molar-refractivity contribution in [3.8, 4) is 0 Å². The van der Waals surface area contributed by atoms with Crippen LogP contribution in [-0.4, -0.2) is 15.8 Å². The maximum absolute atomic E-state index is 1.61. The summed E-state index contributed by atoms with van der Waals surface area (Å²) in [5.74, 6) is 0. The molecule has 2 saturated carbocycles. The van der Waals surface area contributed by atoms with Crippen molar-refractivity contribution in [2.75, 3.05) is 0 Å². The van der Waals surface area contributed by atoms with Crippen LogP contribution in [0, 0.1) is 0 Å². The average Bonchev–Trinajstić information content (AvgIpc) is 2.60. The fraction of sp³-hybridized carbons (Fsp3) is 1.00. The van der Waals surface area contributed by atoms with Crippen LogP contribution in [0.2, 0.25) is 9.41 Å². The predicted octanol–water partition coefficient (Wildman–Crippen LogP) is 3.15. The summed E-state index contributed by atoms with van der Waals surface area (Å²) in [6.45, 7) is 0. The molecule has 11 heavy (non-hydrogen) atoms. The van der Waals surface area contributed by atoms with Crippen LogP contribution >= 0.6 is 0 Å². The molecule has 0 aromatic rings. The molecule has 0 bridgehead atoms. The Morgan fingerprint density at radius 1 is 0.636 bits per heavy atom. The van der Waals surface area contributed by atoms with Crippen molar-refractivity contribution < 1.29 is 0 Å². The summed E-state index contributed by atoms with van der Waals surface area (Å²) in [7, 11) is 0. The van der Waals surface area contributed by atoms with E-state index in [0.29, 0.717) is 15.8 Å². The van der Waals surface area contributed by atoms with Crippen molar-refractivity contribution in [1.82, 2.24) is 0 Å². The minimum absolute atomic E-state index is 0.486. The van der Waals surface area contributed by atoms with Crippen LogP contribution in [0.15, 0.2) is 0 Å². The number of hydrogen-bond acceptors (Lipinski definition) is 0. The van der Waals surface area contributed by atoms with E-state index in [2.05, 4.69) is 0 Å². The monoisotopic (exact) mass is 214 g/mol. The van der Waals surface area contributed by atoms with E-state index in [1.165, 1.54) is 9.41 Å². The van der Waals surface area contributed by atoms with Crippen molar-refractivity contribution in [2.24, 2.45) is 0 Å². The van der Waals surface area contributed by atoms with Crippen LogP contribution in [0.5, 0.6) is 0 Å². The number of rotatable bonds is 2. The summed E-state index contributed by atoms with van der Waals surface area (Å²) in [5.41, 5.74) is 0. The van der Waals surface area contributed by atoms with Crippen molar-refractivity contribution in [2.45, 2.75) is 60.8 Å². The zero-order valence-corrected chi connectivity index (χ0v) is 9.41. The molecule has 0 aromatic carbocycles. The standard InChI is InChI=1S/C10H19As/c1-2-6-9(5-1)11-10-7-3-4-8-10/h9-11H,1-8H2. The fourth-order valence-corrected chi connectivity index (χ4v) is 7.03. The molecule has 1 heteroatoms. The molecule has 0 heterocycles. The molecule has 2 aliphatic carbocycles. The molecule has 0 N–H and O–H groups in total. The fourth-order valence-electron chi connectivity index (χ4n) is 2.52. The van der Waals surface area contributed by atoms with E-state index in [1.807, 2.05) is 0 Å².